The smallest absolute Gasteiger partial charge is 0.262 e. The topological polar surface area (TPSA) is 80.3 Å². The second-order valence-electron chi connectivity index (χ2n) is 5.65. The van der Waals surface area contributed by atoms with Gasteiger partial charge in [-0.05, 0) is 54.9 Å². The summed E-state index contributed by atoms with van der Waals surface area (Å²) in [5.41, 5.74) is 0.783. The van der Waals surface area contributed by atoms with Crippen LogP contribution in [-0.4, -0.2) is 28.9 Å². The van der Waals surface area contributed by atoms with Gasteiger partial charge in [0, 0.05) is 18.3 Å². The summed E-state index contributed by atoms with van der Waals surface area (Å²) in [6.45, 7) is 5.75. The van der Waals surface area contributed by atoms with Gasteiger partial charge in [0.05, 0.1) is 14.8 Å². The van der Waals surface area contributed by atoms with Crippen LogP contribution in [0.25, 0.3) is 0 Å². The van der Waals surface area contributed by atoms with Crippen molar-refractivity contribution in [3.05, 3.63) is 44.7 Å². The van der Waals surface area contributed by atoms with Gasteiger partial charge in [0.25, 0.3) is 5.91 Å². The number of ether oxygens (including phenoxy) is 1. The molecule has 0 saturated heterocycles. The van der Waals surface area contributed by atoms with Gasteiger partial charge in [-0.1, -0.05) is 6.07 Å². The molecule has 8 heteroatoms. The van der Waals surface area contributed by atoms with E-state index in [1.807, 2.05) is 19.9 Å². The molecule has 1 atom stereocenters. The van der Waals surface area contributed by atoms with Crippen LogP contribution in [0.3, 0.4) is 0 Å². The van der Waals surface area contributed by atoms with Crippen molar-refractivity contribution in [3.8, 4) is 5.88 Å². The third-order valence-corrected chi connectivity index (χ3v) is 4.81. The Morgan fingerprint density at radius 3 is 2.68 bits per heavy atom. The van der Waals surface area contributed by atoms with Gasteiger partial charge in [-0.15, -0.1) is 11.3 Å². The highest BCUT2D eigenvalue weighted by molar-refractivity contribution is 9.11. The summed E-state index contributed by atoms with van der Waals surface area (Å²) in [6, 6.07) is 6.48. The van der Waals surface area contributed by atoms with Crippen LogP contribution >= 0.6 is 27.3 Å². The van der Waals surface area contributed by atoms with Crippen LogP contribution in [-0.2, 0) is 11.3 Å². The van der Waals surface area contributed by atoms with Gasteiger partial charge in [0.15, 0.2) is 0 Å². The van der Waals surface area contributed by atoms with E-state index in [1.165, 1.54) is 11.3 Å². The monoisotopic (exact) mass is 425 g/mol. The Labute approximate surface area is 159 Å². The summed E-state index contributed by atoms with van der Waals surface area (Å²) < 4.78 is 6.49. The lowest BCUT2D eigenvalue weighted by molar-refractivity contribution is -0.122. The first-order chi connectivity index (χ1) is 11.9. The Balaban J connectivity index is 1.90. The molecule has 2 aromatic heterocycles. The number of thiophene rings is 1. The fraction of sp³-hybridized carbons (Fsp3) is 0.353. The predicted molar refractivity (Wildman–Crippen MR) is 101 cm³/mol. The van der Waals surface area contributed by atoms with E-state index >= 15 is 0 Å². The van der Waals surface area contributed by atoms with Crippen molar-refractivity contribution in [1.29, 1.82) is 0 Å². The normalized spacial score (nSPS) is 11.9. The maximum absolute atomic E-state index is 12.2. The highest BCUT2D eigenvalue weighted by Crippen LogP contribution is 2.22. The summed E-state index contributed by atoms with van der Waals surface area (Å²) in [6.07, 6.45) is 1.64. The van der Waals surface area contributed by atoms with E-state index in [4.69, 9.17) is 4.74 Å². The van der Waals surface area contributed by atoms with Crippen LogP contribution in [0.4, 0.5) is 0 Å². The van der Waals surface area contributed by atoms with E-state index in [2.05, 4.69) is 31.5 Å². The van der Waals surface area contributed by atoms with E-state index < -0.39 is 6.04 Å². The minimum atomic E-state index is -0.653. The van der Waals surface area contributed by atoms with Crippen molar-refractivity contribution in [2.45, 2.75) is 39.5 Å². The zero-order valence-electron chi connectivity index (χ0n) is 14.2. The first-order valence-electron chi connectivity index (χ1n) is 7.81. The van der Waals surface area contributed by atoms with Crippen molar-refractivity contribution in [1.82, 2.24) is 15.6 Å². The molecule has 6 nitrogen and oxygen atoms in total. The van der Waals surface area contributed by atoms with E-state index in [9.17, 15) is 9.59 Å². The molecule has 0 bridgehead atoms. The average Bonchev–Trinajstić information content (AvgIpc) is 2.99. The van der Waals surface area contributed by atoms with Gasteiger partial charge < -0.3 is 15.4 Å². The maximum Gasteiger partial charge on any atom is 0.262 e. The van der Waals surface area contributed by atoms with Gasteiger partial charge in [-0.2, -0.15) is 0 Å². The minimum Gasteiger partial charge on any atom is -0.475 e. The van der Waals surface area contributed by atoms with Gasteiger partial charge >= 0.3 is 0 Å². The summed E-state index contributed by atoms with van der Waals surface area (Å²) in [5, 5.41) is 5.48. The highest BCUT2D eigenvalue weighted by atomic mass is 79.9. The Morgan fingerprint density at radius 2 is 2.04 bits per heavy atom. The number of halogens is 1. The Morgan fingerprint density at radius 1 is 1.28 bits per heavy atom. The molecule has 1 unspecified atom stereocenters. The first-order valence-corrected chi connectivity index (χ1v) is 9.42. The van der Waals surface area contributed by atoms with Gasteiger partial charge in [-0.3, -0.25) is 9.59 Å². The number of hydrogen-bond acceptors (Lipinski definition) is 5. The molecule has 0 saturated carbocycles. The fourth-order valence-corrected chi connectivity index (χ4v) is 3.28. The Kier molecular flexibility index (Phi) is 6.95. The van der Waals surface area contributed by atoms with Crippen molar-refractivity contribution in [2.75, 3.05) is 0 Å². The van der Waals surface area contributed by atoms with E-state index in [0.717, 1.165) is 9.35 Å². The first kappa shape index (κ1) is 19.4. The Bertz CT molecular complexity index is 748. The number of pyridine rings is 1. The number of hydrogen-bond donors (Lipinski definition) is 2. The molecule has 25 heavy (non-hydrogen) atoms. The summed E-state index contributed by atoms with van der Waals surface area (Å²) in [7, 11) is 0. The lowest BCUT2D eigenvalue weighted by Gasteiger charge is -2.16. The van der Waals surface area contributed by atoms with E-state index in [-0.39, 0.29) is 24.5 Å². The molecule has 0 aliphatic carbocycles. The quantitative estimate of drug-likeness (QED) is 0.713. The third kappa shape index (κ3) is 5.82. The molecule has 0 spiro atoms. The molecular weight excluding hydrogens is 406 g/mol. The molecule has 2 heterocycles. The summed E-state index contributed by atoms with van der Waals surface area (Å²) in [4.78, 5) is 29.1. The Hall–Kier alpha value is -1.93. The largest absolute Gasteiger partial charge is 0.475 e. The molecule has 2 amide bonds. The molecule has 2 N–H and O–H groups in total. The van der Waals surface area contributed by atoms with Crippen LogP contribution < -0.4 is 15.4 Å². The fourth-order valence-electron chi connectivity index (χ4n) is 1.99. The van der Waals surface area contributed by atoms with Crippen molar-refractivity contribution in [3.63, 3.8) is 0 Å². The third-order valence-electron chi connectivity index (χ3n) is 3.19. The van der Waals surface area contributed by atoms with Gasteiger partial charge in [-0.25, -0.2) is 4.98 Å². The number of rotatable bonds is 7. The lowest BCUT2D eigenvalue weighted by Crippen LogP contribution is -2.44. The summed E-state index contributed by atoms with van der Waals surface area (Å²) in [5.74, 6) is -0.0511. The summed E-state index contributed by atoms with van der Waals surface area (Å²) >= 11 is 4.63. The van der Waals surface area contributed by atoms with Crippen LogP contribution in [0.1, 0.15) is 36.0 Å². The highest BCUT2D eigenvalue weighted by Gasteiger charge is 2.18. The van der Waals surface area contributed by atoms with E-state index in [1.54, 1.807) is 31.3 Å². The molecule has 0 fully saturated rings. The molecule has 134 valence electrons. The molecule has 2 aromatic rings. The zero-order chi connectivity index (χ0) is 18.4. The molecule has 0 radical (unpaired) electrons. The van der Waals surface area contributed by atoms with Crippen LogP contribution in [0, 0.1) is 0 Å². The van der Waals surface area contributed by atoms with Crippen LogP contribution in [0.15, 0.2) is 34.2 Å². The maximum atomic E-state index is 12.2. The van der Waals surface area contributed by atoms with Crippen molar-refractivity contribution in [2.24, 2.45) is 0 Å². The molecule has 0 aliphatic heterocycles. The molecule has 2 rings (SSSR count). The number of nitrogens with one attached hydrogen (secondary N) is 2. The number of carbonyl (C=O) groups is 2. The van der Waals surface area contributed by atoms with Crippen molar-refractivity contribution >= 4 is 39.1 Å². The second kappa shape index (κ2) is 8.96. The van der Waals surface area contributed by atoms with Gasteiger partial charge in [0.2, 0.25) is 11.8 Å². The van der Waals surface area contributed by atoms with E-state index in [0.29, 0.717) is 10.8 Å². The van der Waals surface area contributed by atoms with Crippen LogP contribution in [0.2, 0.25) is 0 Å². The average molecular weight is 426 g/mol. The standard InChI is InChI=1S/C17H20BrN3O3S/c1-10(2)24-17-12(5-4-8-19-17)9-20-15(22)11(3)21-16(23)13-6-7-14(18)25-13/h4-8,10-11H,9H2,1-3H3,(H,20,22)(H,21,23). The number of carbonyl (C=O) groups excluding carboxylic acids is 2. The molecule has 0 aromatic carbocycles. The van der Waals surface area contributed by atoms with Gasteiger partial charge in [0.1, 0.15) is 6.04 Å². The van der Waals surface area contributed by atoms with Crippen molar-refractivity contribution < 1.29 is 14.3 Å². The lowest BCUT2D eigenvalue weighted by atomic mass is 10.2. The predicted octanol–water partition coefficient (Wildman–Crippen LogP) is 3.13. The molecular formula is C17H20BrN3O3S. The number of aromatic nitrogens is 1. The van der Waals surface area contributed by atoms with Crippen LogP contribution in [0.5, 0.6) is 5.88 Å². The zero-order valence-corrected chi connectivity index (χ0v) is 16.6. The second-order valence-corrected chi connectivity index (χ2v) is 8.11. The SMILES string of the molecule is CC(C)Oc1ncccc1CNC(=O)C(C)NC(=O)c1ccc(Br)s1. The molecule has 0 aliphatic rings. The minimum absolute atomic E-state index is 0.00677. The number of nitrogens with zero attached hydrogens (tertiary/aromatic N) is 1. The number of amides is 2.